The SMILES string of the molecule is O=C(COc1ccccc1[N+](=O)[O-])N1c2ccccc2Sc2ccccc21. The molecule has 0 unspecified atom stereocenters. The molecule has 6 nitrogen and oxygen atoms in total. The van der Waals surface area contributed by atoms with E-state index in [1.54, 1.807) is 28.8 Å². The molecule has 0 saturated carbocycles. The van der Waals surface area contributed by atoms with Crippen LogP contribution in [0.2, 0.25) is 0 Å². The predicted molar refractivity (Wildman–Crippen MR) is 103 cm³/mol. The van der Waals surface area contributed by atoms with E-state index in [0.717, 1.165) is 21.2 Å². The average molecular weight is 378 g/mol. The lowest BCUT2D eigenvalue weighted by molar-refractivity contribution is -0.385. The molecule has 1 aliphatic heterocycles. The Labute approximate surface area is 159 Å². The van der Waals surface area contributed by atoms with E-state index in [4.69, 9.17) is 4.74 Å². The van der Waals surface area contributed by atoms with Gasteiger partial charge in [0.05, 0.1) is 16.3 Å². The third-order valence-electron chi connectivity index (χ3n) is 4.09. The smallest absolute Gasteiger partial charge is 0.310 e. The van der Waals surface area contributed by atoms with Crippen LogP contribution < -0.4 is 9.64 Å². The second-order valence-electron chi connectivity index (χ2n) is 5.78. The van der Waals surface area contributed by atoms with E-state index in [1.165, 1.54) is 12.1 Å². The van der Waals surface area contributed by atoms with Crippen molar-refractivity contribution in [3.05, 3.63) is 82.9 Å². The number of benzene rings is 3. The number of rotatable bonds is 4. The number of para-hydroxylation sites is 4. The fourth-order valence-electron chi connectivity index (χ4n) is 2.91. The molecule has 134 valence electrons. The third kappa shape index (κ3) is 3.24. The Hall–Kier alpha value is -3.32. The average Bonchev–Trinajstić information content (AvgIpc) is 2.70. The third-order valence-corrected chi connectivity index (χ3v) is 5.23. The molecule has 3 aromatic rings. The number of fused-ring (bicyclic) bond motifs is 2. The highest BCUT2D eigenvalue weighted by molar-refractivity contribution is 7.99. The minimum absolute atomic E-state index is 0.0730. The number of amides is 1. The number of nitro benzene ring substituents is 1. The van der Waals surface area contributed by atoms with Crippen molar-refractivity contribution in [1.29, 1.82) is 0 Å². The lowest BCUT2D eigenvalue weighted by Gasteiger charge is -2.30. The van der Waals surface area contributed by atoms with Gasteiger partial charge in [0.15, 0.2) is 12.4 Å². The molecule has 1 amide bonds. The molecule has 7 heteroatoms. The minimum Gasteiger partial charge on any atom is -0.477 e. The fourth-order valence-corrected chi connectivity index (χ4v) is 3.97. The van der Waals surface area contributed by atoms with Gasteiger partial charge in [0, 0.05) is 15.9 Å². The molecule has 1 aliphatic rings. The largest absolute Gasteiger partial charge is 0.477 e. The second-order valence-corrected chi connectivity index (χ2v) is 6.86. The number of nitro groups is 1. The van der Waals surface area contributed by atoms with Gasteiger partial charge < -0.3 is 4.74 Å². The number of carbonyl (C=O) groups is 1. The molecular weight excluding hydrogens is 364 g/mol. The summed E-state index contributed by atoms with van der Waals surface area (Å²) in [4.78, 5) is 27.1. The van der Waals surface area contributed by atoms with E-state index < -0.39 is 4.92 Å². The Morgan fingerprint density at radius 1 is 0.926 bits per heavy atom. The summed E-state index contributed by atoms with van der Waals surface area (Å²) in [6, 6.07) is 21.3. The van der Waals surface area contributed by atoms with E-state index >= 15 is 0 Å². The van der Waals surface area contributed by atoms with E-state index in [1.807, 2.05) is 48.5 Å². The van der Waals surface area contributed by atoms with Crippen molar-refractivity contribution in [1.82, 2.24) is 0 Å². The van der Waals surface area contributed by atoms with Gasteiger partial charge in [0.2, 0.25) is 0 Å². The molecule has 0 fully saturated rings. The first-order valence-corrected chi connectivity index (χ1v) is 9.02. The molecule has 0 N–H and O–H groups in total. The van der Waals surface area contributed by atoms with E-state index in [0.29, 0.717) is 0 Å². The maximum atomic E-state index is 13.0. The van der Waals surface area contributed by atoms with Crippen LogP contribution in [0.5, 0.6) is 5.75 Å². The van der Waals surface area contributed by atoms with Crippen LogP contribution in [0.3, 0.4) is 0 Å². The number of hydrogen-bond donors (Lipinski definition) is 0. The molecular formula is C20H14N2O4S. The van der Waals surface area contributed by atoms with Gasteiger partial charge in [-0.3, -0.25) is 19.8 Å². The highest BCUT2D eigenvalue weighted by Gasteiger charge is 2.28. The van der Waals surface area contributed by atoms with Crippen molar-refractivity contribution in [2.24, 2.45) is 0 Å². The Kier molecular flexibility index (Phi) is 4.52. The molecule has 0 radical (unpaired) electrons. The summed E-state index contributed by atoms with van der Waals surface area (Å²) >= 11 is 1.60. The lowest BCUT2D eigenvalue weighted by Crippen LogP contribution is -2.32. The summed E-state index contributed by atoms with van der Waals surface area (Å²) in [5.74, 6) is -0.225. The zero-order chi connectivity index (χ0) is 18.8. The maximum absolute atomic E-state index is 13.0. The van der Waals surface area contributed by atoms with Gasteiger partial charge in [-0.2, -0.15) is 0 Å². The number of ether oxygens (including phenoxy) is 1. The molecule has 0 spiro atoms. The number of anilines is 2. The highest BCUT2D eigenvalue weighted by atomic mass is 32.2. The summed E-state index contributed by atoms with van der Waals surface area (Å²) in [6.07, 6.45) is 0. The van der Waals surface area contributed by atoms with Gasteiger partial charge in [-0.05, 0) is 30.3 Å². The molecule has 4 rings (SSSR count). The first-order chi connectivity index (χ1) is 13.1. The number of nitrogens with zero attached hydrogens (tertiary/aromatic N) is 2. The van der Waals surface area contributed by atoms with Crippen LogP contribution in [-0.2, 0) is 4.79 Å². The standard InChI is InChI=1S/C20H14N2O4S/c23-20(13-26-17-10-4-1-7-14(17)22(24)25)21-15-8-2-5-11-18(15)27-19-12-6-3-9-16(19)21/h1-12H,13H2. The highest BCUT2D eigenvalue weighted by Crippen LogP contribution is 2.47. The zero-order valence-electron chi connectivity index (χ0n) is 14.1. The van der Waals surface area contributed by atoms with Crippen LogP contribution in [0.15, 0.2) is 82.6 Å². The minimum atomic E-state index is -0.526. The van der Waals surface area contributed by atoms with Gasteiger partial charge in [0.25, 0.3) is 5.91 Å². The molecule has 0 aromatic heterocycles. The van der Waals surface area contributed by atoms with Crippen molar-refractivity contribution in [3.8, 4) is 5.75 Å². The first-order valence-electron chi connectivity index (χ1n) is 8.20. The monoisotopic (exact) mass is 378 g/mol. The molecule has 27 heavy (non-hydrogen) atoms. The van der Waals surface area contributed by atoms with Crippen LogP contribution in [0, 0.1) is 10.1 Å². The molecule has 0 bridgehead atoms. The summed E-state index contributed by atoms with van der Waals surface area (Å²) < 4.78 is 5.50. The summed E-state index contributed by atoms with van der Waals surface area (Å²) in [5, 5.41) is 11.1. The van der Waals surface area contributed by atoms with Crippen molar-refractivity contribution >= 4 is 34.7 Å². The topological polar surface area (TPSA) is 72.7 Å². The van der Waals surface area contributed by atoms with E-state index in [2.05, 4.69) is 0 Å². The van der Waals surface area contributed by atoms with Crippen molar-refractivity contribution in [3.63, 3.8) is 0 Å². The summed E-state index contributed by atoms with van der Waals surface area (Å²) in [6.45, 7) is -0.307. The van der Waals surface area contributed by atoms with Crippen LogP contribution in [0.4, 0.5) is 17.1 Å². The second kappa shape index (κ2) is 7.13. The van der Waals surface area contributed by atoms with Crippen molar-refractivity contribution in [2.75, 3.05) is 11.5 Å². The summed E-state index contributed by atoms with van der Waals surface area (Å²) in [5.41, 5.74) is 1.38. The maximum Gasteiger partial charge on any atom is 0.310 e. The summed E-state index contributed by atoms with van der Waals surface area (Å²) in [7, 11) is 0. The van der Waals surface area contributed by atoms with Gasteiger partial charge in [0.1, 0.15) is 0 Å². The number of carbonyl (C=O) groups excluding carboxylic acids is 1. The molecule has 0 atom stereocenters. The Morgan fingerprint density at radius 3 is 2.11 bits per heavy atom. The van der Waals surface area contributed by atoms with Gasteiger partial charge >= 0.3 is 5.69 Å². The van der Waals surface area contributed by atoms with Crippen LogP contribution in [-0.4, -0.2) is 17.4 Å². The number of hydrogen-bond acceptors (Lipinski definition) is 5. The van der Waals surface area contributed by atoms with Crippen molar-refractivity contribution in [2.45, 2.75) is 9.79 Å². The Bertz CT molecular complexity index is 992. The Balaban J connectivity index is 1.64. The van der Waals surface area contributed by atoms with E-state index in [9.17, 15) is 14.9 Å². The van der Waals surface area contributed by atoms with Crippen LogP contribution in [0.25, 0.3) is 0 Å². The Morgan fingerprint density at radius 2 is 1.48 bits per heavy atom. The van der Waals surface area contributed by atoms with Gasteiger partial charge in [-0.25, -0.2) is 0 Å². The molecule has 1 heterocycles. The van der Waals surface area contributed by atoms with Gasteiger partial charge in [-0.1, -0.05) is 48.2 Å². The van der Waals surface area contributed by atoms with Crippen molar-refractivity contribution < 1.29 is 14.5 Å². The molecule has 3 aromatic carbocycles. The van der Waals surface area contributed by atoms with Crippen LogP contribution in [0.1, 0.15) is 0 Å². The van der Waals surface area contributed by atoms with Crippen LogP contribution >= 0.6 is 11.8 Å². The molecule has 0 aliphatic carbocycles. The first kappa shape index (κ1) is 17.1. The normalized spacial score (nSPS) is 12.1. The zero-order valence-corrected chi connectivity index (χ0v) is 14.9. The van der Waals surface area contributed by atoms with Gasteiger partial charge in [-0.15, -0.1) is 0 Å². The van der Waals surface area contributed by atoms with E-state index in [-0.39, 0.29) is 24.0 Å². The quantitative estimate of drug-likeness (QED) is 0.481. The fraction of sp³-hybridized carbons (Fsp3) is 0.0500. The molecule has 0 saturated heterocycles. The lowest BCUT2D eigenvalue weighted by atomic mass is 10.2. The predicted octanol–water partition coefficient (Wildman–Crippen LogP) is 4.80.